The minimum absolute atomic E-state index is 0.207. The lowest BCUT2D eigenvalue weighted by Gasteiger charge is -2.50. The molecule has 0 aromatic rings. The fraction of sp³-hybridized carbons (Fsp3) is 0.938. The summed E-state index contributed by atoms with van der Waals surface area (Å²) in [6.07, 6.45) is 3.02. The van der Waals surface area contributed by atoms with Gasteiger partial charge in [0.05, 0.1) is 16.6 Å². The number of hydrogen-bond acceptors (Lipinski definition) is 3. The Morgan fingerprint density at radius 1 is 1.20 bits per heavy atom. The highest BCUT2D eigenvalue weighted by Crippen LogP contribution is 2.36. The van der Waals surface area contributed by atoms with Crippen molar-refractivity contribution < 1.29 is 9.53 Å². The van der Waals surface area contributed by atoms with Gasteiger partial charge >= 0.3 is 0 Å². The van der Waals surface area contributed by atoms with E-state index in [9.17, 15) is 4.79 Å². The van der Waals surface area contributed by atoms with E-state index >= 15 is 0 Å². The Kier molecular flexibility index (Phi) is 4.18. The largest absolute Gasteiger partial charge is 0.366 e. The Labute approximate surface area is 123 Å². The van der Waals surface area contributed by atoms with Gasteiger partial charge in [-0.15, -0.1) is 0 Å². The maximum Gasteiger partial charge on any atom is 0.230 e. The molecule has 116 valence electrons. The molecule has 2 aliphatic heterocycles. The summed E-state index contributed by atoms with van der Waals surface area (Å²) in [5.41, 5.74) is -0.745. The van der Waals surface area contributed by atoms with Crippen molar-refractivity contribution in [3.05, 3.63) is 0 Å². The molecule has 2 fully saturated rings. The Bertz CT molecular complexity index is 355. The number of rotatable bonds is 2. The van der Waals surface area contributed by atoms with Crippen molar-refractivity contribution in [1.82, 2.24) is 10.2 Å². The summed E-state index contributed by atoms with van der Waals surface area (Å²) in [5.74, 6) is 0.316. The second kappa shape index (κ2) is 5.30. The zero-order valence-electron chi connectivity index (χ0n) is 13.7. The van der Waals surface area contributed by atoms with Crippen molar-refractivity contribution in [3.63, 3.8) is 0 Å². The number of carbonyl (C=O) groups is 1. The average Bonchev–Trinajstić information content (AvgIpc) is 2.35. The number of morpholine rings is 1. The summed E-state index contributed by atoms with van der Waals surface area (Å²) in [6, 6.07) is 0. The summed E-state index contributed by atoms with van der Waals surface area (Å²) < 4.78 is 6.09. The van der Waals surface area contributed by atoms with E-state index in [2.05, 4.69) is 39.9 Å². The molecule has 1 N–H and O–H groups in total. The molecular weight excluding hydrogens is 252 g/mol. The first-order valence-corrected chi connectivity index (χ1v) is 7.90. The first kappa shape index (κ1) is 15.8. The van der Waals surface area contributed by atoms with Crippen molar-refractivity contribution >= 4 is 5.91 Å². The molecule has 0 saturated carbocycles. The van der Waals surface area contributed by atoms with Gasteiger partial charge in [-0.05, 0) is 53.5 Å². The van der Waals surface area contributed by atoms with E-state index in [4.69, 9.17) is 4.74 Å². The molecule has 1 amide bonds. The average molecular weight is 282 g/mol. The van der Waals surface area contributed by atoms with Gasteiger partial charge in [-0.2, -0.15) is 0 Å². The van der Waals surface area contributed by atoms with E-state index in [0.717, 1.165) is 32.4 Å². The van der Waals surface area contributed by atoms with Crippen LogP contribution in [-0.2, 0) is 9.53 Å². The second-order valence-electron chi connectivity index (χ2n) is 7.70. The van der Waals surface area contributed by atoms with Crippen LogP contribution < -0.4 is 5.32 Å². The molecule has 0 aromatic heterocycles. The van der Waals surface area contributed by atoms with E-state index in [-0.39, 0.29) is 16.6 Å². The van der Waals surface area contributed by atoms with E-state index in [0.29, 0.717) is 19.0 Å². The normalized spacial score (nSPS) is 33.0. The van der Waals surface area contributed by atoms with Crippen LogP contribution in [0.25, 0.3) is 0 Å². The predicted molar refractivity (Wildman–Crippen MR) is 80.7 cm³/mol. The van der Waals surface area contributed by atoms with Gasteiger partial charge in [-0.3, -0.25) is 4.79 Å². The molecule has 2 heterocycles. The van der Waals surface area contributed by atoms with Gasteiger partial charge in [0.2, 0.25) is 5.91 Å². The summed E-state index contributed by atoms with van der Waals surface area (Å²) in [5, 5.41) is 3.41. The van der Waals surface area contributed by atoms with Crippen LogP contribution in [-0.4, -0.2) is 48.2 Å². The lowest BCUT2D eigenvalue weighted by atomic mass is 9.76. The molecule has 2 rings (SSSR count). The molecular formula is C16H30N2O2. The first-order valence-electron chi connectivity index (χ1n) is 7.90. The molecule has 0 bridgehead atoms. The van der Waals surface area contributed by atoms with Crippen molar-refractivity contribution in [1.29, 1.82) is 0 Å². The van der Waals surface area contributed by atoms with Gasteiger partial charge in [0.25, 0.3) is 0 Å². The van der Waals surface area contributed by atoms with Gasteiger partial charge < -0.3 is 15.0 Å². The Morgan fingerprint density at radius 3 is 2.25 bits per heavy atom. The van der Waals surface area contributed by atoms with Gasteiger partial charge in [0.1, 0.15) is 0 Å². The number of ether oxygens (including phenoxy) is 1. The topological polar surface area (TPSA) is 41.6 Å². The smallest absolute Gasteiger partial charge is 0.230 e. The lowest BCUT2D eigenvalue weighted by molar-refractivity contribution is -0.193. The Morgan fingerprint density at radius 2 is 1.80 bits per heavy atom. The van der Waals surface area contributed by atoms with Crippen molar-refractivity contribution in [3.8, 4) is 0 Å². The van der Waals surface area contributed by atoms with Gasteiger partial charge in [0, 0.05) is 19.6 Å². The molecule has 4 heteroatoms. The molecule has 0 aromatic carbocycles. The third-order valence-corrected chi connectivity index (χ3v) is 4.59. The minimum Gasteiger partial charge on any atom is -0.366 e. The molecule has 4 nitrogen and oxygen atoms in total. The number of amides is 1. The van der Waals surface area contributed by atoms with Crippen LogP contribution in [0.2, 0.25) is 0 Å². The standard InChI is InChI=1S/C16H30N2O2/c1-6-16(8-7-9-17-10-16)13(19)18-11-14(2,3)20-15(4,5)12-18/h17H,6-12H2,1-5H3. The fourth-order valence-electron chi connectivity index (χ4n) is 3.87. The Hall–Kier alpha value is -0.610. The van der Waals surface area contributed by atoms with Crippen molar-refractivity contribution in [2.45, 2.75) is 65.1 Å². The van der Waals surface area contributed by atoms with Gasteiger partial charge in [0.15, 0.2) is 0 Å². The second-order valence-corrected chi connectivity index (χ2v) is 7.70. The predicted octanol–water partition coefficient (Wildman–Crippen LogP) is 2.18. The van der Waals surface area contributed by atoms with Gasteiger partial charge in [-0.1, -0.05) is 6.92 Å². The van der Waals surface area contributed by atoms with Crippen molar-refractivity contribution in [2.24, 2.45) is 5.41 Å². The first-order chi connectivity index (χ1) is 9.20. The molecule has 0 spiro atoms. The molecule has 20 heavy (non-hydrogen) atoms. The number of piperidine rings is 1. The van der Waals surface area contributed by atoms with Crippen LogP contribution >= 0.6 is 0 Å². The van der Waals surface area contributed by atoms with Crippen LogP contribution in [0.3, 0.4) is 0 Å². The lowest BCUT2D eigenvalue weighted by Crippen LogP contribution is -2.62. The highest BCUT2D eigenvalue weighted by Gasteiger charge is 2.46. The zero-order chi connectivity index (χ0) is 15.0. The summed E-state index contributed by atoms with van der Waals surface area (Å²) >= 11 is 0. The molecule has 0 radical (unpaired) electrons. The molecule has 1 atom stereocenters. The molecule has 1 unspecified atom stereocenters. The number of nitrogens with zero attached hydrogens (tertiary/aromatic N) is 1. The van der Waals surface area contributed by atoms with Crippen LogP contribution in [0.1, 0.15) is 53.9 Å². The van der Waals surface area contributed by atoms with Crippen LogP contribution in [0.5, 0.6) is 0 Å². The maximum absolute atomic E-state index is 13.1. The number of nitrogens with one attached hydrogen (secondary N) is 1. The highest BCUT2D eigenvalue weighted by atomic mass is 16.5. The summed E-state index contributed by atoms with van der Waals surface area (Å²) in [7, 11) is 0. The quantitative estimate of drug-likeness (QED) is 0.844. The number of hydrogen-bond donors (Lipinski definition) is 1. The van der Waals surface area contributed by atoms with Crippen molar-refractivity contribution in [2.75, 3.05) is 26.2 Å². The maximum atomic E-state index is 13.1. The van der Waals surface area contributed by atoms with Crippen LogP contribution in [0, 0.1) is 5.41 Å². The minimum atomic E-state index is -0.269. The zero-order valence-corrected chi connectivity index (χ0v) is 13.7. The fourth-order valence-corrected chi connectivity index (χ4v) is 3.87. The van der Waals surface area contributed by atoms with E-state index in [1.807, 2.05) is 4.90 Å². The van der Waals surface area contributed by atoms with Crippen LogP contribution in [0.4, 0.5) is 0 Å². The highest BCUT2D eigenvalue weighted by molar-refractivity contribution is 5.83. The molecule has 2 aliphatic rings. The summed E-state index contributed by atoms with van der Waals surface area (Å²) in [6.45, 7) is 13.7. The number of carbonyl (C=O) groups excluding carboxylic acids is 1. The van der Waals surface area contributed by atoms with E-state index < -0.39 is 0 Å². The third-order valence-electron chi connectivity index (χ3n) is 4.59. The monoisotopic (exact) mass is 282 g/mol. The van der Waals surface area contributed by atoms with Gasteiger partial charge in [-0.25, -0.2) is 0 Å². The SMILES string of the molecule is CCC1(C(=O)N2CC(C)(C)OC(C)(C)C2)CCCNC1. The summed E-state index contributed by atoms with van der Waals surface area (Å²) in [4.78, 5) is 15.2. The molecule has 2 saturated heterocycles. The Balaban J connectivity index is 2.18. The van der Waals surface area contributed by atoms with Crippen LogP contribution in [0.15, 0.2) is 0 Å². The third kappa shape index (κ3) is 3.17. The van der Waals surface area contributed by atoms with E-state index in [1.54, 1.807) is 0 Å². The van der Waals surface area contributed by atoms with E-state index in [1.165, 1.54) is 0 Å². The molecule has 0 aliphatic carbocycles.